The van der Waals surface area contributed by atoms with E-state index < -0.39 is 119 Å². The number of rotatable bonds is 17. The Labute approximate surface area is 394 Å². The Morgan fingerprint density at radius 1 is 0.478 bits per heavy atom. The van der Waals surface area contributed by atoms with Crippen molar-refractivity contribution in [2.75, 3.05) is 13.3 Å². The first kappa shape index (κ1) is 49.6. The number of carbonyl (C=O) groups excluding carboxylic acids is 6. The van der Waals surface area contributed by atoms with Crippen molar-refractivity contribution in [1.29, 1.82) is 0 Å². The van der Waals surface area contributed by atoms with Gasteiger partial charge in [0.1, 0.15) is 31.6 Å². The average Bonchev–Trinajstić information content (AvgIpc) is 3.37. The summed E-state index contributed by atoms with van der Waals surface area (Å²) in [7, 11) is -3.83. The van der Waals surface area contributed by atoms with Gasteiger partial charge in [0.15, 0.2) is 36.8 Å². The lowest BCUT2D eigenvalue weighted by Gasteiger charge is -2.48. The topological polar surface area (TPSA) is 235 Å². The van der Waals surface area contributed by atoms with Crippen molar-refractivity contribution < 1.29 is 89.8 Å². The van der Waals surface area contributed by atoms with Crippen LogP contribution in [0.4, 0.5) is 4.39 Å². The largest absolute Gasteiger partial charge is 0.566 e. The van der Waals surface area contributed by atoms with Crippen LogP contribution in [0.1, 0.15) is 58.7 Å². The highest BCUT2D eigenvalue weighted by atomic mass is 31.1. The van der Waals surface area contributed by atoms with Crippen LogP contribution in [-0.4, -0.2) is 111 Å². The smallest absolute Gasteiger partial charge is 0.491 e. The van der Waals surface area contributed by atoms with E-state index in [4.69, 9.17) is 47.2 Å². The van der Waals surface area contributed by atoms with E-state index in [-0.39, 0.29) is 27.8 Å². The molecule has 0 spiro atoms. The highest BCUT2D eigenvalue weighted by Gasteiger charge is 2.59. The third-order valence-electron chi connectivity index (χ3n) is 10.5. The van der Waals surface area contributed by atoms with Crippen LogP contribution in [0.5, 0.6) is 0 Å². The van der Waals surface area contributed by atoms with Gasteiger partial charge < -0.3 is 47.5 Å². The first-order valence-electron chi connectivity index (χ1n) is 21.2. The first-order chi connectivity index (χ1) is 33.4. The fraction of sp³-hybridized carbons (Fsp3) is 0.265. The SMILES string of the molecule is CC(=O)O[C@@H]1[C@H](OC(=O)c2ccccc2)[C@@H](OC(=O)c2ccccc2)[C@H](O[C@H]2[C@H](OC(=O)c3ccccc3)[C@H](OC(=O)c3ccccc3)[C@@H](O[P+](=O)[O-])O[C@@H]2COC(=O)c2ccccc2)O[C@@H]1CF. The van der Waals surface area contributed by atoms with E-state index in [9.17, 15) is 38.2 Å². The van der Waals surface area contributed by atoms with Gasteiger partial charge in [-0.1, -0.05) is 91.0 Å². The van der Waals surface area contributed by atoms with Crippen molar-refractivity contribution in [3.8, 4) is 0 Å². The summed E-state index contributed by atoms with van der Waals surface area (Å²) in [6, 6.07) is 37.3. The first-order valence-corrected chi connectivity index (χ1v) is 22.3. The van der Waals surface area contributed by atoms with E-state index in [1.54, 1.807) is 42.5 Å². The molecule has 2 heterocycles. The predicted molar refractivity (Wildman–Crippen MR) is 232 cm³/mol. The molecule has 0 aliphatic carbocycles. The maximum atomic E-state index is 15.3. The molecule has 0 radical (unpaired) electrons. The Morgan fingerprint density at radius 2 is 0.826 bits per heavy atom. The maximum absolute atomic E-state index is 15.3. The molecule has 11 atom stereocenters. The Balaban J connectivity index is 1.37. The quantitative estimate of drug-likeness (QED) is 0.0634. The van der Waals surface area contributed by atoms with Crippen molar-refractivity contribution in [2.45, 2.75) is 68.3 Å². The normalized spacial score (nSPS) is 24.4. The predicted octanol–water partition coefficient (Wildman–Crippen LogP) is 5.52. The average molecular weight is 969 g/mol. The van der Waals surface area contributed by atoms with Crippen LogP contribution >= 0.6 is 8.25 Å². The number of ether oxygens (including phenoxy) is 9. The minimum atomic E-state index is -3.83. The van der Waals surface area contributed by atoms with Gasteiger partial charge in [-0.25, -0.2) is 28.4 Å². The lowest BCUT2D eigenvalue weighted by Crippen LogP contribution is -2.67. The molecule has 0 bridgehead atoms. The third kappa shape index (κ3) is 12.8. The number of halogens is 1. The molecule has 2 aliphatic heterocycles. The molecule has 0 saturated carbocycles. The summed E-state index contributed by atoms with van der Waals surface area (Å²) in [5.41, 5.74) is -0.110. The number of carbonyl (C=O) groups is 6. The van der Waals surface area contributed by atoms with Gasteiger partial charge in [0.05, 0.1) is 27.8 Å². The summed E-state index contributed by atoms with van der Waals surface area (Å²) >= 11 is 0. The van der Waals surface area contributed by atoms with Crippen LogP contribution in [0, 0.1) is 0 Å². The molecular weight excluding hydrogens is 926 g/mol. The Hall–Kier alpha value is -7.25. The summed E-state index contributed by atoms with van der Waals surface area (Å²) in [6.45, 7) is -1.29. The van der Waals surface area contributed by atoms with Gasteiger partial charge in [-0.15, -0.1) is 4.52 Å². The van der Waals surface area contributed by atoms with Gasteiger partial charge in [-0.3, -0.25) is 4.79 Å². The van der Waals surface area contributed by atoms with Gasteiger partial charge in [-0.2, -0.15) is 0 Å². The lowest BCUT2D eigenvalue weighted by molar-refractivity contribution is -0.351. The molecule has 7 rings (SSSR count). The van der Waals surface area contributed by atoms with Gasteiger partial charge in [0, 0.05) is 6.92 Å². The van der Waals surface area contributed by atoms with Gasteiger partial charge in [0.2, 0.25) is 0 Å². The van der Waals surface area contributed by atoms with Crippen molar-refractivity contribution in [3.63, 3.8) is 0 Å². The number of benzene rings is 5. The highest BCUT2D eigenvalue weighted by molar-refractivity contribution is 7.30. The molecule has 358 valence electrons. The summed E-state index contributed by atoms with van der Waals surface area (Å²) in [4.78, 5) is 94.1. The second-order valence-electron chi connectivity index (χ2n) is 15.2. The van der Waals surface area contributed by atoms with Crippen LogP contribution < -0.4 is 4.89 Å². The molecule has 20 heteroatoms. The Kier molecular flexibility index (Phi) is 17.0. The summed E-state index contributed by atoms with van der Waals surface area (Å²) in [5, 5.41) is 0. The van der Waals surface area contributed by atoms with Crippen LogP contribution in [0.15, 0.2) is 152 Å². The highest BCUT2D eigenvalue weighted by Crippen LogP contribution is 2.38. The molecule has 0 N–H and O–H groups in total. The third-order valence-corrected chi connectivity index (χ3v) is 10.9. The molecular formula is C49H42FO18P. The number of hydrogen-bond acceptors (Lipinski definition) is 18. The second-order valence-corrected chi connectivity index (χ2v) is 15.8. The molecule has 18 nitrogen and oxygen atoms in total. The Bertz CT molecular complexity index is 2560. The summed E-state index contributed by atoms with van der Waals surface area (Å²) in [5.74, 6) is -6.19. The molecule has 2 aliphatic rings. The molecule has 5 aromatic rings. The van der Waals surface area contributed by atoms with E-state index in [1.165, 1.54) is 109 Å². The fourth-order valence-corrected chi connectivity index (χ4v) is 7.68. The van der Waals surface area contributed by atoms with E-state index in [0.717, 1.165) is 6.92 Å². The van der Waals surface area contributed by atoms with Crippen LogP contribution in [-0.2, 0) is 56.5 Å². The van der Waals surface area contributed by atoms with Crippen molar-refractivity contribution >= 4 is 44.1 Å². The van der Waals surface area contributed by atoms with E-state index in [0.29, 0.717) is 0 Å². The van der Waals surface area contributed by atoms with Crippen LogP contribution in [0.2, 0.25) is 0 Å². The zero-order valence-corrected chi connectivity index (χ0v) is 37.2. The zero-order chi connectivity index (χ0) is 48.9. The minimum Gasteiger partial charge on any atom is -0.566 e. The minimum absolute atomic E-state index is 0.0207. The van der Waals surface area contributed by atoms with Gasteiger partial charge in [0.25, 0.3) is 6.29 Å². The summed E-state index contributed by atoms with van der Waals surface area (Å²) in [6.07, 6.45) is -19.7. The van der Waals surface area contributed by atoms with Gasteiger partial charge in [-0.05, 0) is 65.2 Å². The number of esters is 6. The lowest BCUT2D eigenvalue weighted by atomic mass is 9.96. The molecule has 0 amide bonds. The molecule has 1 unspecified atom stereocenters. The standard InChI is InChI=1S/C49H42FO18P/c1-29(51)60-37-35(27-50)61-48(41(65-46(55)33-23-13-5-14-24-33)39(37)63-44(53)31-19-9-3-10-20-31)67-38-36(28-59-43(52)30-17-7-2-8-18-30)62-49(68-69(57)58)42(66-47(56)34-25-15-6-16-26-34)40(38)64-45(54)32-21-11-4-12-22-32/h2-26,35-42,48-49H,27-28H2,1H3/t35-,36-,37+,38-,39+,40+,41-,42+,48+,49-/m1/s1. The maximum Gasteiger partial charge on any atom is 0.491 e. The Morgan fingerprint density at radius 3 is 1.20 bits per heavy atom. The van der Waals surface area contributed by atoms with Crippen LogP contribution in [0.25, 0.3) is 0 Å². The molecule has 0 aromatic heterocycles. The molecule has 2 fully saturated rings. The zero-order valence-electron chi connectivity index (χ0n) is 36.3. The van der Waals surface area contributed by atoms with E-state index >= 15 is 4.39 Å². The van der Waals surface area contributed by atoms with Crippen molar-refractivity contribution in [3.05, 3.63) is 179 Å². The second kappa shape index (κ2) is 23.7. The monoisotopic (exact) mass is 968 g/mol. The van der Waals surface area contributed by atoms with Gasteiger partial charge >= 0.3 is 44.1 Å². The van der Waals surface area contributed by atoms with E-state index in [1.807, 2.05) is 0 Å². The molecule has 2 saturated heterocycles. The van der Waals surface area contributed by atoms with Crippen LogP contribution in [0.3, 0.4) is 0 Å². The van der Waals surface area contributed by atoms with E-state index in [2.05, 4.69) is 0 Å². The molecule has 5 aromatic carbocycles. The number of hydrogen-bond donors (Lipinski definition) is 0. The molecule has 69 heavy (non-hydrogen) atoms. The summed E-state index contributed by atoms with van der Waals surface area (Å²) < 4.78 is 86.5. The van der Waals surface area contributed by atoms with Crippen molar-refractivity contribution in [2.24, 2.45) is 0 Å². The van der Waals surface area contributed by atoms with Crippen molar-refractivity contribution in [1.82, 2.24) is 0 Å². The fourth-order valence-electron chi connectivity index (χ4n) is 7.35. The number of alkyl halides is 1.